The van der Waals surface area contributed by atoms with Crippen LogP contribution in [0, 0.1) is 11.8 Å². The molecule has 0 spiro atoms. The molecule has 2 N–H and O–H groups in total. The van der Waals surface area contributed by atoms with Crippen LogP contribution in [0.2, 0.25) is 0 Å². The summed E-state index contributed by atoms with van der Waals surface area (Å²) in [4.78, 5) is 12.0. The van der Waals surface area contributed by atoms with Crippen molar-refractivity contribution in [3.05, 3.63) is 5.01 Å². The molecule has 1 aromatic heterocycles. The minimum absolute atomic E-state index is 0. The molecule has 1 saturated heterocycles. The van der Waals surface area contributed by atoms with Crippen molar-refractivity contribution in [2.75, 3.05) is 18.4 Å². The Morgan fingerprint density at radius 1 is 1.42 bits per heavy atom. The van der Waals surface area contributed by atoms with E-state index in [1.54, 1.807) is 0 Å². The van der Waals surface area contributed by atoms with Crippen molar-refractivity contribution in [3.8, 4) is 0 Å². The van der Waals surface area contributed by atoms with Gasteiger partial charge in [-0.3, -0.25) is 4.79 Å². The number of hydrogen-bond acceptors (Lipinski definition) is 5. The van der Waals surface area contributed by atoms with Crippen molar-refractivity contribution in [2.45, 2.75) is 33.1 Å². The standard InChI is InChI=1S/C12H20N4OS.ClH/c1-7(8-5-13-6-8)9(17)14-11-16-15-10(18-11)12(2,3)4;/h7-8,13H,5-6H2,1-4H3,(H,14,16,17);1H. The maximum Gasteiger partial charge on any atom is 0.229 e. The third kappa shape index (κ3) is 3.87. The Kier molecular flexibility index (Phi) is 5.29. The predicted molar refractivity (Wildman–Crippen MR) is 80.0 cm³/mol. The summed E-state index contributed by atoms with van der Waals surface area (Å²) in [7, 11) is 0. The highest BCUT2D eigenvalue weighted by molar-refractivity contribution is 7.15. The highest BCUT2D eigenvalue weighted by Crippen LogP contribution is 2.28. The molecule has 0 saturated carbocycles. The van der Waals surface area contributed by atoms with Gasteiger partial charge < -0.3 is 10.6 Å². The maximum atomic E-state index is 12.0. The largest absolute Gasteiger partial charge is 0.316 e. The molecule has 1 unspecified atom stereocenters. The molecule has 0 aromatic carbocycles. The minimum Gasteiger partial charge on any atom is -0.316 e. The van der Waals surface area contributed by atoms with E-state index in [0.717, 1.165) is 18.1 Å². The zero-order chi connectivity index (χ0) is 13.3. The summed E-state index contributed by atoms with van der Waals surface area (Å²) in [5, 5.41) is 15.7. The molecule has 0 aliphatic carbocycles. The molecule has 7 heteroatoms. The fraction of sp³-hybridized carbons (Fsp3) is 0.750. The van der Waals surface area contributed by atoms with Gasteiger partial charge in [0.2, 0.25) is 11.0 Å². The average molecular weight is 305 g/mol. The molecule has 1 fully saturated rings. The second kappa shape index (κ2) is 6.15. The molecule has 2 rings (SSSR count). The van der Waals surface area contributed by atoms with Crippen molar-refractivity contribution in [1.29, 1.82) is 0 Å². The van der Waals surface area contributed by atoms with Crippen LogP contribution in [0.5, 0.6) is 0 Å². The monoisotopic (exact) mass is 304 g/mol. The molecule has 2 heterocycles. The number of hydrogen-bond donors (Lipinski definition) is 2. The molecule has 5 nitrogen and oxygen atoms in total. The Labute approximate surface area is 124 Å². The number of aromatic nitrogens is 2. The highest BCUT2D eigenvalue weighted by Gasteiger charge is 2.29. The summed E-state index contributed by atoms with van der Waals surface area (Å²) >= 11 is 1.45. The van der Waals surface area contributed by atoms with E-state index >= 15 is 0 Å². The first-order valence-electron chi connectivity index (χ1n) is 6.23. The van der Waals surface area contributed by atoms with Gasteiger partial charge >= 0.3 is 0 Å². The quantitative estimate of drug-likeness (QED) is 0.897. The first kappa shape index (κ1) is 16.3. The van der Waals surface area contributed by atoms with Gasteiger partial charge in [-0.05, 0) is 19.0 Å². The summed E-state index contributed by atoms with van der Waals surface area (Å²) in [5.74, 6) is 0.506. The highest BCUT2D eigenvalue weighted by atomic mass is 35.5. The predicted octanol–water partition coefficient (Wildman–Crippen LogP) is 2.05. The maximum absolute atomic E-state index is 12.0. The average Bonchev–Trinajstić information content (AvgIpc) is 2.62. The van der Waals surface area contributed by atoms with E-state index in [0.29, 0.717) is 11.0 Å². The number of carbonyl (C=O) groups excluding carboxylic acids is 1. The normalized spacial score (nSPS) is 17.3. The van der Waals surface area contributed by atoms with Gasteiger partial charge in [-0.15, -0.1) is 22.6 Å². The lowest BCUT2D eigenvalue weighted by atomic mass is 9.88. The molecular weight excluding hydrogens is 284 g/mol. The van der Waals surface area contributed by atoms with E-state index in [4.69, 9.17) is 0 Å². The Bertz CT molecular complexity index is 439. The van der Waals surface area contributed by atoms with Gasteiger partial charge in [0.05, 0.1) is 0 Å². The van der Waals surface area contributed by atoms with Gasteiger partial charge in [0.15, 0.2) is 0 Å². The Hall–Kier alpha value is -0.720. The summed E-state index contributed by atoms with van der Waals surface area (Å²) in [6, 6.07) is 0. The van der Waals surface area contributed by atoms with E-state index in [2.05, 4.69) is 41.6 Å². The number of nitrogens with one attached hydrogen (secondary N) is 2. The van der Waals surface area contributed by atoms with E-state index < -0.39 is 0 Å². The first-order valence-corrected chi connectivity index (χ1v) is 7.05. The van der Waals surface area contributed by atoms with Crippen LogP contribution in [-0.4, -0.2) is 29.2 Å². The Morgan fingerprint density at radius 3 is 2.47 bits per heavy atom. The number of carbonyl (C=O) groups is 1. The van der Waals surface area contributed by atoms with Gasteiger partial charge in [-0.1, -0.05) is 39.0 Å². The number of anilines is 1. The van der Waals surface area contributed by atoms with Gasteiger partial charge in [-0.25, -0.2) is 0 Å². The minimum atomic E-state index is -0.0237. The van der Waals surface area contributed by atoms with E-state index in [1.807, 2.05) is 6.92 Å². The van der Waals surface area contributed by atoms with Gasteiger partial charge in [0.1, 0.15) is 5.01 Å². The Morgan fingerprint density at radius 2 is 2.05 bits per heavy atom. The fourth-order valence-corrected chi connectivity index (χ4v) is 2.48. The lowest BCUT2D eigenvalue weighted by Crippen LogP contribution is -2.48. The molecular formula is C12H21ClN4OS. The third-order valence-corrected chi connectivity index (χ3v) is 4.49. The van der Waals surface area contributed by atoms with E-state index in [9.17, 15) is 4.79 Å². The summed E-state index contributed by atoms with van der Waals surface area (Å²) in [6.07, 6.45) is 0. The number of halogens is 1. The van der Waals surface area contributed by atoms with Crippen molar-refractivity contribution in [1.82, 2.24) is 15.5 Å². The SMILES string of the molecule is CC(C(=O)Nc1nnc(C(C)(C)C)s1)C1CNC1.Cl. The van der Waals surface area contributed by atoms with E-state index in [1.165, 1.54) is 11.3 Å². The zero-order valence-electron chi connectivity index (χ0n) is 11.7. The number of amides is 1. The molecule has 19 heavy (non-hydrogen) atoms. The van der Waals surface area contributed by atoms with Crippen molar-refractivity contribution < 1.29 is 4.79 Å². The molecule has 1 aromatic rings. The van der Waals surface area contributed by atoms with Crippen LogP contribution in [0.1, 0.15) is 32.7 Å². The Balaban J connectivity index is 0.00000180. The number of nitrogens with zero attached hydrogens (tertiary/aromatic N) is 2. The fourth-order valence-electron chi connectivity index (χ4n) is 1.67. The van der Waals surface area contributed by atoms with Crippen LogP contribution in [0.4, 0.5) is 5.13 Å². The van der Waals surface area contributed by atoms with Crippen LogP contribution >= 0.6 is 23.7 Å². The molecule has 1 atom stereocenters. The molecule has 1 aliphatic heterocycles. The smallest absolute Gasteiger partial charge is 0.229 e. The molecule has 0 bridgehead atoms. The molecule has 0 radical (unpaired) electrons. The van der Waals surface area contributed by atoms with Gasteiger partial charge in [0.25, 0.3) is 0 Å². The van der Waals surface area contributed by atoms with Gasteiger partial charge in [-0.2, -0.15) is 0 Å². The second-order valence-electron chi connectivity index (χ2n) is 5.86. The lowest BCUT2D eigenvalue weighted by molar-refractivity contribution is -0.121. The summed E-state index contributed by atoms with van der Waals surface area (Å²) < 4.78 is 0. The summed E-state index contributed by atoms with van der Waals surface area (Å²) in [5.41, 5.74) is -0.0237. The topological polar surface area (TPSA) is 66.9 Å². The van der Waals surface area contributed by atoms with Crippen LogP contribution < -0.4 is 10.6 Å². The zero-order valence-corrected chi connectivity index (χ0v) is 13.3. The second-order valence-corrected chi connectivity index (χ2v) is 6.84. The van der Waals surface area contributed by atoms with Crippen LogP contribution in [0.3, 0.4) is 0 Å². The van der Waals surface area contributed by atoms with Crippen LogP contribution in [0.15, 0.2) is 0 Å². The number of rotatable bonds is 3. The molecule has 1 amide bonds. The van der Waals surface area contributed by atoms with Crippen molar-refractivity contribution in [3.63, 3.8) is 0 Å². The first-order chi connectivity index (χ1) is 8.38. The molecule has 108 valence electrons. The lowest BCUT2D eigenvalue weighted by Gasteiger charge is -2.31. The molecule has 1 aliphatic rings. The summed E-state index contributed by atoms with van der Waals surface area (Å²) in [6.45, 7) is 10.1. The van der Waals surface area contributed by atoms with Gasteiger partial charge in [0, 0.05) is 11.3 Å². The van der Waals surface area contributed by atoms with Crippen molar-refractivity contribution in [2.24, 2.45) is 11.8 Å². The van der Waals surface area contributed by atoms with E-state index in [-0.39, 0.29) is 29.6 Å². The van der Waals surface area contributed by atoms with Crippen LogP contribution in [0.25, 0.3) is 0 Å². The third-order valence-electron chi connectivity index (χ3n) is 3.23. The van der Waals surface area contributed by atoms with Crippen molar-refractivity contribution >= 4 is 34.8 Å². The van der Waals surface area contributed by atoms with Crippen LogP contribution in [-0.2, 0) is 10.2 Å².